The number of rotatable bonds is 3. The number of carbonyl (C=O) groups excluding carboxylic acids is 1. The molecule has 2 heterocycles. The zero-order valence-electron chi connectivity index (χ0n) is 9.84. The Morgan fingerprint density at radius 2 is 2.56 bits per heavy atom. The van der Waals surface area contributed by atoms with Crippen LogP contribution in [0.2, 0.25) is 0 Å². The highest BCUT2D eigenvalue weighted by Gasteiger charge is 2.36. The normalized spacial score (nSPS) is 29.9. The van der Waals surface area contributed by atoms with E-state index in [1.165, 1.54) is 12.0 Å². The van der Waals surface area contributed by atoms with Crippen molar-refractivity contribution in [2.75, 3.05) is 25.4 Å². The molecule has 0 aliphatic carbocycles. The summed E-state index contributed by atoms with van der Waals surface area (Å²) < 4.78 is -0.173. The Morgan fingerprint density at radius 3 is 3.19 bits per heavy atom. The molecule has 4 heteroatoms. The SMILES string of the molecule is CC1(C(=O)NCC2=CCNCC2)CCCS1. The van der Waals surface area contributed by atoms with Crippen LogP contribution in [-0.4, -0.2) is 36.0 Å². The lowest BCUT2D eigenvalue weighted by atomic mass is 10.0. The molecule has 0 aromatic carbocycles. The molecule has 2 aliphatic rings. The molecule has 90 valence electrons. The van der Waals surface area contributed by atoms with Gasteiger partial charge in [-0.15, -0.1) is 11.8 Å². The number of nitrogens with one attached hydrogen (secondary N) is 2. The van der Waals surface area contributed by atoms with Gasteiger partial charge in [-0.2, -0.15) is 0 Å². The first kappa shape index (κ1) is 12.0. The summed E-state index contributed by atoms with van der Waals surface area (Å²) in [6, 6.07) is 0. The Hall–Kier alpha value is -0.480. The molecule has 3 nitrogen and oxygen atoms in total. The van der Waals surface area contributed by atoms with Crippen LogP contribution in [0, 0.1) is 0 Å². The first-order valence-corrected chi connectivity index (χ1v) is 7.00. The van der Waals surface area contributed by atoms with Crippen LogP contribution in [0.5, 0.6) is 0 Å². The summed E-state index contributed by atoms with van der Waals surface area (Å²) in [5, 5.41) is 6.35. The predicted molar refractivity (Wildman–Crippen MR) is 68.7 cm³/mol. The number of hydrogen-bond acceptors (Lipinski definition) is 3. The zero-order chi connectivity index (χ0) is 11.4. The minimum absolute atomic E-state index is 0.173. The second-order valence-corrected chi connectivity index (χ2v) is 6.28. The van der Waals surface area contributed by atoms with Gasteiger partial charge in [-0.05, 0) is 38.5 Å². The van der Waals surface area contributed by atoms with E-state index in [1.54, 1.807) is 11.8 Å². The summed E-state index contributed by atoms with van der Waals surface area (Å²) in [5.41, 5.74) is 1.36. The number of carbonyl (C=O) groups is 1. The Kier molecular flexibility index (Phi) is 3.92. The van der Waals surface area contributed by atoms with Crippen molar-refractivity contribution in [3.05, 3.63) is 11.6 Å². The maximum atomic E-state index is 12.0. The van der Waals surface area contributed by atoms with Crippen molar-refractivity contribution in [1.82, 2.24) is 10.6 Å². The van der Waals surface area contributed by atoms with Crippen molar-refractivity contribution in [1.29, 1.82) is 0 Å². The van der Waals surface area contributed by atoms with Crippen LogP contribution in [-0.2, 0) is 4.79 Å². The molecule has 1 fully saturated rings. The summed E-state index contributed by atoms with van der Waals surface area (Å²) in [6.07, 6.45) is 5.43. The van der Waals surface area contributed by atoms with E-state index in [9.17, 15) is 4.79 Å². The second kappa shape index (κ2) is 5.23. The van der Waals surface area contributed by atoms with Gasteiger partial charge in [0.05, 0.1) is 4.75 Å². The van der Waals surface area contributed by atoms with Crippen LogP contribution >= 0.6 is 11.8 Å². The van der Waals surface area contributed by atoms with E-state index in [2.05, 4.69) is 23.6 Å². The molecule has 0 bridgehead atoms. The third-order valence-corrected chi connectivity index (χ3v) is 4.85. The van der Waals surface area contributed by atoms with E-state index in [1.807, 2.05) is 0 Å². The van der Waals surface area contributed by atoms with E-state index in [0.29, 0.717) is 0 Å². The van der Waals surface area contributed by atoms with Gasteiger partial charge in [0.1, 0.15) is 0 Å². The van der Waals surface area contributed by atoms with Crippen LogP contribution < -0.4 is 10.6 Å². The maximum absolute atomic E-state index is 12.0. The lowest BCUT2D eigenvalue weighted by Gasteiger charge is -2.22. The highest BCUT2D eigenvalue weighted by atomic mass is 32.2. The van der Waals surface area contributed by atoms with Gasteiger partial charge in [0, 0.05) is 13.1 Å². The molecule has 0 spiro atoms. The molecule has 2 aliphatic heterocycles. The molecule has 1 atom stereocenters. The molecule has 0 aromatic rings. The smallest absolute Gasteiger partial charge is 0.236 e. The van der Waals surface area contributed by atoms with Crippen LogP contribution in [0.1, 0.15) is 26.2 Å². The quantitative estimate of drug-likeness (QED) is 0.731. The summed E-state index contributed by atoms with van der Waals surface area (Å²) in [5.74, 6) is 1.34. The molecule has 1 amide bonds. The second-order valence-electron chi connectivity index (χ2n) is 4.68. The van der Waals surface area contributed by atoms with E-state index in [4.69, 9.17) is 0 Å². The largest absolute Gasteiger partial charge is 0.351 e. The van der Waals surface area contributed by atoms with Gasteiger partial charge >= 0.3 is 0 Å². The molecule has 1 saturated heterocycles. The molecule has 2 N–H and O–H groups in total. The standard InChI is InChI=1S/C12H20N2OS/c1-12(5-2-8-16-12)11(15)14-9-10-3-6-13-7-4-10/h3,13H,2,4-9H2,1H3,(H,14,15). The molecule has 0 aromatic heterocycles. The highest BCUT2D eigenvalue weighted by molar-refractivity contribution is 8.01. The Morgan fingerprint density at radius 1 is 1.69 bits per heavy atom. The lowest BCUT2D eigenvalue weighted by molar-refractivity contribution is -0.122. The first-order valence-electron chi connectivity index (χ1n) is 6.02. The molecule has 0 saturated carbocycles. The van der Waals surface area contributed by atoms with E-state index >= 15 is 0 Å². The van der Waals surface area contributed by atoms with Crippen LogP contribution in [0.15, 0.2) is 11.6 Å². The fourth-order valence-corrected chi connectivity index (χ4v) is 3.40. The third kappa shape index (κ3) is 2.80. The van der Waals surface area contributed by atoms with Crippen molar-refractivity contribution in [2.45, 2.75) is 30.9 Å². The van der Waals surface area contributed by atoms with Crippen molar-refractivity contribution in [3.63, 3.8) is 0 Å². The van der Waals surface area contributed by atoms with Crippen molar-refractivity contribution >= 4 is 17.7 Å². The average molecular weight is 240 g/mol. The number of amides is 1. The molecule has 2 rings (SSSR count). The minimum atomic E-state index is -0.173. The molecule has 0 radical (unpaired) electrons. The molecular weight excluding hydrogens is 220 g/mol. The molecular formula is C12H20N2OS. The van der Waals surface area contributed by atoms with Crippen LogP contribution in [0.25, 0.3) is 0 Å². The average Bonchev–Trinajstić information content (AvgIpc) is 2.76. The summed E-state index contributed by atoms with van der Waals surface area (Å²) in [6.45, 7) is 4.78. The molecule has 16 heavy (non-hydrogen) atoms. The van der Waals surface area contributed by atoms with Gasteiger partial charge in [0.25, 0.3) is 0 Å². The van der Waals surface area contributed by atoms with Gasteiger partial charge in [-0.1, -0.05) is 11.6 Å². The zero-order valence-corrected chi connectivity index (χ0v) is 10.7. The highest BCUT2D eigenvalue weighted by Crippen LogP contribution is 2.37. The van der Waals surface area contributed by atoms with Gasteiger partial charge in [-0.25, -0.2) is 0 Å². The summed E-state index contributed by atoms with van der Waals surface area (Å²) >= 11 is 1.80. The van der Waals surface area contributed by atoms with E-state index in [0.717, 1.165) is 38.2 Å². The topological polar surface area (TPSA) is 41.1 Å². The number of thioether (sulfide) groups is 1. The van der Waals surface area contributed by atoms with E-state index < -0.39 is 0 Å². The first-order chi connectivity index (χ1) is 7.71. The fourth-order valence-electron chi connectivity index (χ4n) is 2.17. The van der Waals surface area contributed by atoms with Gasteiger partial charge < -0.3 is 10.6 Å². The van der Waals surface area contributed by atoms with E-state index in [-0.39, 0.29) is 10.7 Å². The fraction of sp³-hybridized carbons (Fsp3) is 0.750. The predicted octanol–water partition coefficient (Wildman–Crippen LogP) is 1.31. The number of hydrogen-bond donors (Lipinski definition) is 2. The Labute approximate surface area is 101 Å². The van der Waals surface area contributed by atoms with Crippen LogP contribution in [0.4, 0.5) is 0 Å². The summed E-state index contributed by atoms with van der Waals surface area (Å²) in [7, 11) is 0. The van der Waals surface area contributed by atoms with Crippen molar-refractivity contribution < 1.29 is 4.79 Å². The third-order valence-electron chi connectivity index (χ3n) is 3.33. The van der Waals surface area contributed by atoms with Gasteiger partial charge in [-0.3, -0.25) is 4.79 Å². The van der Waals surface area contributed by atoms with Gasteiger partial charge in [0.15, 0.2) is 0 Å². The Balaban J connectivity index is 1.81. The summed E-state index contributed by atoms with van der Waals surface area (Å²) in [4.78, 5) is 12.0. The maximum Gasteiger partial charge on any atom is 0.236 e. The van der Waals surface area contributed by atoms with Gasteiger partial charge in [0.2, 0.25) is 5.91 Å². The lowest BCUT2D eigenvalue weighted by Crippen LogP contribution is -2.41. The van der Waals surface area contributed by atoms with Crippen molar-refractivity contribution in [2.24, 2.45) is 0 Å². The Bertz CT molecular complexity index is 295. The minimum Gasteiger partial charge on any atom is -0.351 e. The monoisotopic (exact) mass is 240 g/mol. The van der Waals surface area contributed by atoms with Crippen LogP contribution in [0.3, 0.4) is 0 Å². The molecule has 1 unspecified atom stereocenters. The van der Waals surface area contributed by atoms with Crippen molar-refractivity contribution in [3.8, 4) is 0 Å².